The largest absolute Gasteiger partial charge is 0.381 e. The number of rotatable bonds is 7. The Hall–Kier alpha value is -2.03. The van der Waals surface area contributed by atoms with Crippen LogP contribution in [-0.2, 0) is 22.6 Å². The van der Waals surface area contributed by atoms with Crippen molar-refractivity contribution in [3.05, 3.63) is 35.4 Å². The lowest BCUT2D eigenvalue weighted by Gasteiger charge is -2.22. The van der Waals surface area contributed by atoms with Crippen LogP contribution in [-0.4, -0.2) is 38.4 Å². The molecule has 1 heterocycles. The first-order chi connectivity index (χ1) is 11.8. The van der Waals surface area contributed by atoms with Gasteiger partial charge in [-0.05, 0) is 30.9 Å². The normalized spacial score (nSPS) is 15.8. The highest BCUT2D eigenvalue weighted by atomic mass is 16.5. The highest BCUT2D eigenvalue weighted by Gasteiger charge is 2.13. The third kappa shape index (κ3) is 6.61. The fourth-order valence-corrected chi connectivity index (χ4v) is 2.52. The first kappa shape index (κ1) is 18.3. The van der Waals surface area contributed by atoms with Crippen LogP contribution in [0, 0.1) is 12.3 Å². The van der Waals surface area contributed by atoms with Crippen molar-refractivity contribution in [3.8, 4) is 12.3 Å². The van der Waals surface area contributed by atoms with E-state index in [1.54, 1.807) is 0 Å². The monoisotopic (exact) mass is 329 g/mol. The minimum atomic E-state index is 0.314. The average molecular weight is 329 g/mol. The van der Waals surface area contributed by atoms with E-state index in [-0.39, 0.29) is 0 Å². The highest BCUT2D eigenvalue weighted by molar-refractivity contribution is 5.79. The summed E-state index contributed by atoms with van der Waals surface area (Å²) in [6, 6.07) is 8.36. The maximum Gasteiger partial charge on any atom is 0.192 e. The van der Waals surface area contributed by atoms with Crippen molar-refractivity contribution in [2.75, 3.05) is 26.3 Å². The second-order valence-corrected chi connectivity index (χ2v) is 5.70. The zero-order valence-corrected chi connectivity index (χ0v) is 14.4. The molecule has 0 atom stereocenters. The maximum atomic E-state index is 5.98. The van der Waals surface area contributed by atoms with E-state index in [2.05, 4.69) is 45.8 Å². The van der Waals surface area contributed by atoms with Crippen LogP contribution in [0.2, 0.25) is 0 Å². The van der Waals surface area contributed by atoms with E-state index in [1.807, 2.05) is 6.92 Å². The zero-order valence-electron chi connectivity index (χ0n) is 14.4. The molecule has 1 aliphatic rings. The molecule has 1 fully saturated rings. The highest BCUT2D eigenvalue weighted by Crippen LogP contribution is 2.14. The molecule has 1 aromatic rings. The second kappa shape index (κ2) is 10.7. The molecule has 0 spiro atoms. The second-order valence-electron chi connectivity index (χ2n) is 5.70. The van der Waals surface area contributed by atoms with E-state index in [0.717, 1.165) is 44.1 Å². The topological polar surface area (TPSA) is 54.9 Å². The maximum absolute atomic E-state index is 5.98. The molecule has 0 unspecified atom stereocenters. The van der Waals surface area contributed by atoms with Crippen LogP contribution in [0.4, 0.5) is 0 Å². The number of hydrogen-bond donors (Lipinski definition) is 2. The van der Waals surface area contributed by atoms with Gasteiger partial charge in [-0.15, -0.1) is 6.42 Å². The Morgan fingerprint density at radius 3 is 2.88 bits per heavy atom. The van der Waals surface area contributed by atoms with Crippen LogP contribution in [0.15, 0.2) is 29.3 Å². The number of aliphatic imine (C=N–C) groups is 1. The molecular weight excluding hydrogens is 302 g/mol. The van der Waals surface area contributed by atoms with Crippen molar-refractivity contribution in [2.24, 2.45) is 4.99 Å². The van der Waals surface area contributed by atoms with E-state index in [0.29, 0.717) is 25.8 Å². The van der Waals surface area contributed by atoms with Crippen molar-refractivity contribution in [1.82, 2.24) is 10.6 Å². The summed E-state index contributed by atoms with van der Waals surface area (Å²) >= 11 is 0. The fraction of sp³-hybridized carbons (Fsp3) is 0.526. The number of terminal acetylenes is 1. The molecule has 1 aliphatic heterocycles. The number of guanidine groups is 1. The van der Waals surface area contributed by atoms with Gasteiger partial charge in [0.1, 0.15) is 0 Å². The van der Waals surface area contributed by atoms with E-state index in [9.17, 15) is 0 Å². The van der Waals surface area contributed by atoms with Gasteiger partial charge in [-0.3, -0.25) is 0 Å². The summed E-state index contributed by atoms with van der Waals surface area (Å²) in [6.45, 7) is 6.14. The third-order valence-electron chi connectivity index (χ3n) is 3.77. The molecule has 5 heteroatoms. The van der Waals surface area contributed by atoms with Crippen LogP contribution < -0.4 is 10.6 Å². The standard InChI is InChI=1S/C19H27N3O2/c1-3-10-21-19(20-4-2)22-14-16-6-5-7-17(13-16)15-24-18-8-11-23-12-9-18/h1,5-7,13,18H,4,8-12,14-15H2,2H3,(H2,20,21,22). The summed E-state index contributed by atoms with van der Waals surface area (Å²) in [7, 11) is 0. The minimum absolute atomic E-state index is 0.314. The lowest BCUT2D eigenvalue weighted by molar-refractivity contribution is -0.0390. The number of benzene rings is 1. The lowest BCUT2D eigenvalue weighted by atomic mass is 10.1. The van der Waals surface area contributed by atoms with Crippen LogP contribution in [0.25, 0.3) is 0 Å². The fourth-order valence-electron chi connectivity index (χ4n) is 2.52. The van der Waals surface area contributed by atoms with Crippen molar-refractivity contribution < 1.29 is 9.47 Å². The average Bonchev–Trinajstić information content (AvgIpc) is 2.63. The molecule has 24 heavy (non-hydrogen) atoms. The van der Waals surface area contributed by atoms with Crippen LogP contribution >= 0.6 is 0 Å². The molecule has 2 rings (SSSR count). The van der Waals surface area contributed by atoms with Gasteiger partial charge >= 0.3 is 0 Å². The van der Waals surface area contributed by atoms with Gasteiger partial charge < -0.3 is 20.1 Å². The van der Waals surface area contributed by atoms with E-state index in [1.165, 1.54) is 5.56 Å². The summed E-state index contributed by atoms with van der Waals surface area (Å²) in [6.07, 6.45) is 7.56. The lowest BCUT2D eigenvalue weighted by Crippen LogP contribution is -2.37. The SMILES string of the molecule is C#CCNC(=NCc1cccc(COC2CCOCC2)c1)NCC. The Bertz CT molecular complexity index is 560. The first-order valence-electron chi connectivity index (χ1n) is 8.54. The van der Waals surface area contributed by atoms with Gasteiger partial charge in [0.2, 0.25) is 0 Å². The Balaban J connectivity index is 1.87. The Labute approximate surface area is 144 Å². The summed E-state index contributed by atoms with van der Waals surface area (Å²) in [5, 5.41) is 6.27. The van der Waals surface area contributed by atoms with Crippen molar-refractivity contribution >= 4 is 5.96 Å². The van der Waals surface area contributed by atoms with Gasteiger partial charge in [0.25, 0.3) is 0 Å². The molecule has 2 N–H and O–H groups in total. The zero-order chi connectivity index (χ0) is 17.0. The van der Waals surface area contributed by atoms with Crippen LogP contribution in [0.3, 0.4) is 0 Å². The first-order valence-corrected chi connectivity index (χ1v) is 8.54. The molecule has 0 saturated carbocycles. The van der Waals surface area contributed by atoms with Gasteiger partial charge in [0.15, 0.2) is 5.96 Å². The summed E-state index contributed by atoms with van der Waals surface area (Å²) < 4.78 is 11.3. The molecule has 130 valence electrons. The number of nitrogens with zero attached hydrogens (tertiary/aromatic N) is 1. The van der Waals surface area contributed by atoms with Crippen molar-refractivity contribution in [2.45, 2.75) is 39.0 Å². The Morgan fingerprint density at radius 2 is 2.12 bits per heavy atom. The van der Waals surface area contributed by atoms with Gasteiger partial charge in [-0.2, -0.15) is 0 Å². The molecule has 0 aromatic heterocycles. The van der Waals surface area contributed by atoms with Crippen molar-refractivity contribution in [3.63, 3.8) is 0 Å². The Morgan fingerprint density at radius 1 is 1.33 bits per heavy atom. The number of hydrogen-bond acceptors (Lipinski definition) is 3. The molecule has 1 saturated heterocycles. The molecular formula is C19H27N3O2. The predicted molar refractivity (Wildman–Crippen MR) is 96.7 cm³/mol. The minimum Gasteiger partial charge on any atom is -0.381 e. The Kier molecular flexibility index (Phi) is 8.16. The molecule has 1 aromatic carbocycles. The summed E-state index contributed by atoms with van der Waals surface area (Å²) in [5.74, 6) is 3.29. The summed E-state index contributed by atoms with van der Waals surface area (Å²) in [4.78, 5) is 4.55. The van der Waals surface area contributed by atoms with Gasteiger partial charge in [0, 0.05) is 19.8 Å². The molecule has 5 nitrogen and oxygen atoms in total. The molecule has 0 amide bonds. The molecule has 0 bridgehead atoms. The van der Waals surface area contributed by atoms with E-state index in [4.69, 9.17) is 15.9 Å². The summed E-state index contributed by atoms with van der Waals surface area (Å²) in [5.41, 5.74) is 2.33. The predicted octanol–water partition coefficient (Wildman–Crippen LogP) is 2.07. The van der Waals surface area contributed by atoms with Gasteiger partial charge in [-0.1, -0.05) is 30.2 Å². The van der Waals surface area contributed by atoms with E-state index >= 15 is 0 Å². The smallest absolute Gasteiger partial charge is 0.192 e. The quantitative estimate of drug-likeness (QED) is 0.457. The van der Waals surface area contributed by atoms with E-state index < -0.39 is 0 Å². The van der Waals surface area contributed by atoms with Crippen LogP contribution in [0.5, 0.6) is 0 Å². The third-order valence-corrected chi connectivity index (χ3v) is 3.77. The van der Waals surface area contributed by atoms with Crippen LogP contribution in [0.1, 0.15) is 30.9 Å². The number of nitrogens with one attached hydrogen (secondary N) is 2. The van der Waals surface area contributed by atoms with Crippen molar-refractivity contribution in [1.29, 1.82) is 0 Å². The number of ether oxygens (including phenoxy) is 2. The molecule has 0 aliphatic carbocycles. The molecule has 0 radical (unpaired) electrons. The van der Waals surface area contributed by atoms with Gasteiger partial charge in [0.05, 0.1) is 25.8 Å². The van der Waals surface area contributed by atoms with Gasteiger partial charge in [-0.25, -0.2) is 4.99 Å².